The Balaban J connectivity index is 1.60. The van der Waals surface area contributed by atoms with Gasteiger partial charge >= 0.3 is 5.97 Å². The predicted octanol–water partition coefficient (Wildman–Crippen LogP) is 2.39. The van der Waals surface area contributed by atoms with Gasteiger partial charge in [-0.2, -0.15) is 0 Å². The van der Waals surface area contributed by atoms with Gasteiger partial charge in [0, 0.05) is 12.6 Å². The fraction of sp³-hybridized carbons (Fsp3) is 0.421. The summed E-state index contributed by atoms with van der Waals surface area (Å²) < 4.78 is 14.7. The van der Waals surface area contributed by atoms with E-state index in [2.05, 4.69) is 48.6 Å². The lowest BCUT2D eigenvalue weighted by Gasteiger charge is -2.08. The zero-order chi connectivity index (χ0) is 18.9. The molecule has 0 radical (unpaired) electrons. The van der Waals surface area contributed by atoms with Gasteiger partial charge in [0.1, 0.15) is 5.76 Å². The molecule has 1 N–H and O–H groups in total. The molecule has 0 aliphatic rings. The summed E-state index contributed by atoms with van der Waals surface area (Å²) in [7, 11) is 0. The second kappa shape index (κ2) is 9.60. The van der Waals surface area contributed by atoms with E-state index in [0.717, 1.165) is 5.56 Å². The van der Waals surface area contributed by atoms with Gasteiger partial charge in [-0.05, 0) is 35.5 Å². The van der Waals surface area contributed by atoms with Gasteiger partial charge in [0.2, 0.25) is 0 Å². The lowest BCUT2D eigenvalue weighted by molar-refractivity contribution is -0.150. The molecule has 7 heteroatoms. The molecule has 0 saturated carbocycles. The number of hydrogen-bond donors (Lipinski definition) is 1. The molecule has 7 nitrogen and oxygen atoms in total. The quantitative estimate of drug-likeness (QED) is 0.691. The molecule has 0 fully saturated rings. The van der Waals surface area contributed by atoms with Gasteiger partial charge in [0.05, 0.1) is 0 Å². The number of benzene rings is 1. The van der Waals surface area contributed by atoms with Crippen LogP contribution in [0.2, 0.25) is 0 Å². The average molecular weight is 360 g/mol. The van der Waals surface area contributed by atoms with Crippen LogP contribution in [0.1, 0.15) is 36.7 Å². The van der Waals surface area contributed by atoms with Crippen LogP contribution in [0.15, 0.2) is 34.9 Å². The van der Waals surface area contributed by atoms with Crippen molar-refractivity contribution in [3.05, 3.63) is 47.2 Å². The van der Waals surface area contributed by atoms with Gasteiger partial charge in [0.25, 0.3) is 11.8 Å². The lowest BCUT2D eigenvalue weighted by atomic mass is 10.0. The van der Waals surface area contributed by atoms with Crippen molar-refractivity contribution in [3.8, 4) is 5.88 Å². The molecule has 26 heavy (non-hydrogen) atoms. The smallest absolute Gasteiger partial charge is 0.344 e. The Bertz CT molecular complexity index is 722. The average Bonchev–Trinajstić information content (AvgIpc) is 3.04. The Labute approximate surface area is 152 Å². The molecule has 140 valence electrons. The normalized spacial score (nSPS) is 10.6. The number of ether oxygens (including phenoxy) is 2. The number of nitrogens with one attached hydrogen (secondary N) is 1. The van der Waals surface area contributed by atoms with Crippen molar-refractivity contribution in [3.63, 3.8) is 0 Å². The van der Waals surface area contributed by atoms with Gasteiger partial charge < -0.3 is 19.3 Å². The molecule has 0 bridgehead atoms. The van der Waals surface area contributed by atoms with Crippen LogP contribution >= 0.6 is 0 Å². The first-order valence-electron chi connectivity index (χ1n) is 8.51. The van der Waals surface area contributed by atoms with E-state index in [1.54, 1.807) is 13.0 Å². The molecule has 1 aromatic heterocycles. The fourth-order valence-electron chi connectivity index (χ4n) is 2.20. The van der Waals surface area contributed by atoms with Crippen LogP contribution in [0.4, 0.5) is 0 Å². The Hall–Kier alpha value is -2.83. The standard InChI is InChI=1S/C19H24N2O5/c1-13(2)16-6-4-15(5-7-16)8-9-20-17(22)11-25-19(23)12-24-18-10-14(3)26-21-18/h4-7,10,13H,8-9,11-12H2,1-3H3,(H,20,22). The van der Waals surface area contributed by atoms with Crippen molar-refractivity contribution in [2.24, 2.45) is 0 Å². The van der Waals surface area contributed by atoms with E-state index in [1.165, 1.54) is 5.56 Å². The van der Waals surface area contributed by atoms with Crippen LogP contribution in [0.25, 0.3) is 0 Å². The van der Waals surface area contributed by atoms with Crippen LogP contribution in [0, 0.1) is 6.92 Å². The topological polar surface area (TPSA) is 90.7 Å². The van der Waals surface area contributed by atoms with Crippen LogP contribution in [0.3, 0.4) is 0 Å². The number of amides is 1. The van der Waals surface area contributed by atoms with E-state index < -0.39 is 5.97 Å². The van der Waals surface area contributed by atoms with Crippen LogP contribution in [0.5, 0.6) is 5.88 Å². The van der Waals surface area contributed by atoms with Gasteiger partial charge in [-0.3, -0.25) is 4.79 Å². The van der Waals surface area contributed by atoms with E-state index in [1.807, 2.05) is 0 Å². The summed E-state index contributed by atoms with van der Waals surface area (Å²) in [5.74, 6) is 0.272. The summed E-state index contributed by atoms with van der Waals surface area (Å²) in [6.07, 6.45) is 0.715. The number of aryl methyl sites for hydroxylation is 1. The summed E-state index contributed by atoms with van der Waals surface area (Å²) >= 11 is 0. The highest BCUT2D eigenvalue weighted by atomic mass is 16.6. The Morgan fingerprint density at radius 2 is 1.92 bits per heavy atom. The van der Waals surface area contributed by atoms with E-state index in [4.69, 9.17) is 14.0 Å². The van der Waals surface area contributed by atoms with Gasteiger partial charge in [-0.1, -0.05) is 38.1 Å². The first kappa shape index (κ1) is 19.5. The number of aromatic nitrogens is 1. The maximum Gasteiger partial charge on any atom is 0.344 e. The first-order chi connectivity index (χ1) is 12.4. The third-order valence-electron chi connectivity index (χ3n) is 3.69. The molecule has 0 aliphatic carbocycles. The summed E-state index contributed by atoms with van der Waals surface area (Å²) in [6, 6.07) is 9.86. The van der Waals surface area contributed by atoms with Crippen LogP contribution in [-0.4, -0.2) is 36.8 Å². The lowest BCUT2D eigenvalue weighted by Crippen LogP contribution is -2.31. The minimum atomic E-state index is -0.648. The monoisotopic (exact) mass is 360 g/mol. The van der Waals surface area contributed by atoms with Crippen molar-refractivity contribution in [2.45, 2.75) is 33.1 Å². The van der Waals surface area contributed by atoms with Crippen LogP contribution in [-0.2, 0) is 20.7 Å². The molecule has 0 spiro atoms. The summed E-state index contributed by atoms with van der Waals surface area (Å²) in [4.78, 5) is 23.2. The van der Waals surface area contributed by atoms with Crippen molar-refractivity contribution >= 4 is 11.9 Å². The second-order valence-corrected chi connectivity index (χ2v) is 6.22. The number of esters is 1. The summed E-state index contributed by atoms with van der Waals surface area (Å²) in [6.45, 7) is 5.81. The molecule has 0 aliphatic heterocycles. The third-order valence-corrected chi connectivity index (χ3v) is 3.69. The van der Waals surface area contributed by atoms with Gasteiger partial charge in [-0.25, -0.2) is 4.79 Å². The van der Waals surface area contributed by atoms with Crippen molar-refractivity contribution in [2.75, 3.05) is 19.8 Å². The van der Waals surface area contributed by atoms with Crippen molar-refractivity contribution in [1.29, 1.82) is 0 Å². The molecule has 2 rings (SSSR count). The maximum absolute atomic E-state index is 11.7. The molecular weight excluding hydrogens is 336 g/mol. The minimum Gasteiger partial charge on any atom is -0.463 e. The molecule has 0 saturated heterocycles. The molecule has 1 heterocycles. The summed E-state index contributed by atoms with van der Waals surface area (Å²) in [5.41, 5.74) is 2.43. The number of carbonyl (C=O) groups excluding carboxylic acids is 2. The maximum atomic E-state index is 11.7. The van der Waals surface area contributed by atoms with Crippen molar-refractivity contribution in [1.82, 2.24) is 10.5 Å². The predicted molar refractivity (Wildman–Crippen MR) is 94.9 cm³/mol. The molecule has 0 unspecified atom stereocenters. The number of carbonyl (C=O) groups is 2. The number of nitrogens with zero attached hydrogens (tertiary/aromatic N) is 1. The highest BCUT2D eigenvalue weighted by Gasteiger charge is 2.10. The van der Waals surface area contributed by atoms with Gasteiger partial charge in [-0.15, -0.1) is 0 Å². The highest BCUT2D eigenvalue weighted by molar-refractivity contribution is 5.80. The molecule has 2 aromatic rings. The van der Waals surface area contributed by atoms with Crippen LogP contribution < -0.4 is 10.1 Å². The molecule has 0 atom stereocenters. The molecule has 1 amide bonds. The zero-order valence-electron chi connectivity index (χ0n) is 15.3. The first-order valence-corrected chi connectivity index (χ1v) is 8.51. The summed E-state index contributed by atoms with van der Waals surface area (Å²) in [5, 5.41) is 6.30. The fourth-order valence-corrected chi connectivity index (χ4v) is 2.20. The third kappa shape index (κ3) is 6.58. The Morgan fingerprint density at radius 3 is 2.54 bits per heavy atom. The van der Waals surface area contributed by atoms with Gasteiger partial charge in [0.15, 0.2) is 13.2 Å². The molecular formula is C19H24N2O5. The SMILES string of the molecule is Cc1cc(OCC(=O)OCC(=O)NCCc2ccc(C(C)C)cc2)no1. The molecule has 1 aromatic carbocycles. The largest absolute Gasteiger partial charge is 0.463 e. The number of rotatable bonds is 9. The number of hydrogen-bond acceptors (Lipinski definition) is 6. The van der Waals surface area contributed by atoms with E-state index in [0.29, 0.717) is 24.6 Å². The van der Waals surface area contributed by atoms with Crippen molar-refractivity contribution < 1.29 is 23.6 Å². The Kier molecular flexibility index (Phi) is 7.20. The second-order valence-electron chi connectivity index (χ2n) is 6.22. The Morgan fingerprint density at radius 1 is 1.19 bits per heavy atom. The van der Waals surface area contributed by atoms with E-state index in [-0.39, 0.29) is 25.0 Å². The minimum absolute atomic E-state index is 0.201. The zero-order valence-corrected chi connectivity index (χ0v) is 15.3. The highest BCUT2D eigenvalue weighted by Crippen LogP contribution is 2.14. The van der Waals surface area contributed by atoms with E-state index in [9.17, 15) is 9.59 Å². The van der Waals surface area contributed by atoms with E-state index >= 15 is 0 Å².